The van der Waals surface area contributed by atoms with Crippen molar-refractivity contribution in [2.75, 3.05) is 30.3 Å². The van der Waals surface area contributed by atoms with Crippen LogP contribution in [0.3, 0.4) is 0 Å². The number of esters is 1. The van der Waals surface area contributed by atoms with Crippen LogP contribution in [0.4, 0.5) is 17.1 Å². The second kappa shape index (κ2) is 8.78. The molecule has 2 N–H and O–H groups in total. The maximum Gasteiger partial charge on any atom is 0.315 e. The Morgan fingerprint density at radius 2 is 1.86 bits per heavy atom. The van der Waals surface area contributed by atoms with E-state index in [1.165, 1.54) is 0 Å². The molecule has 0 heterocycles. The van der Waals surface area contributed by atoms with Crippen molar-refractivity contribution in [1.82, 2.24) is 0 Å². The van der Waals surface area contributed by atoms with E-state index in [2.05, 4.69) is 10.6 Å². The molecule has 0 aliphatic carbocycles. The number of nitrogens with zero attached hydrogens (tertiary/aromatic N) is 1. The standard InChI is InChI=1S/C14H21N3O4/c1-3-9-15-11-6-5-7-12(14(11)17(19)20)16-10-8-13(18)21-4-2/h5-7,15-16H,3-4,8-10H2,1-2H3. The van der Waals surface area contributed by atoms with Crippen LogP contribution in [0.15, 0.2) is 18.2 Å². The molecule has 0 radical (unpaired) electrons. The normalized spacial score (nSPS) is 10.0. The number of benzene rings is 1. The molecule has 1 aromatic rings. The summed E-state index contributed by atoms with van der Waals surface area (Å²) >= 11 is 0. The molecule has 21 heavy (non-hydrogen) atoms. The van der Waals surface area contributed by atoms with Crippen LogP contribution in [0, 0.1) is 10.1 Å². The maximum absolute atomic E-state index is 11.3. The summed E-state index contributed by atoms with van der Waals surface area (Å²) in [7, 11) is 0. The van der Waals surface area contributed by atoms with Crippen molar-refractivity contribution in [2.45, 2.75) is 26.7 Å². The topological polar surface area (TPSA) is 93.5 Å². The highest BCUT2D eigenvalue weighted by Gasteiger charge is 2.19. The van der Waals surface area contributed by atoms with Gasteiger partial charge in [-0.2, -0.15) is 0 Å². The third-order valence-corrected chi connectivity index (χ3v) is 2.73. The van der Waals surface area contributed by atoms with Gasteiger partial charge in [-0.05, 0) is 25.5 Å². The van der Waals surface area contributed by atoms with Crippen molar-refractivity contribution in [3.05, 3.63) is 28.3 Å². The number of hydrogen-bond donors (Lipinski definition) is 2. The molecule has 0 bridgehead atoms. The average molecular weight is 295 g/mol. The SMILES string of the molecule is CCCNc1cccc(NCCC(=O)OCC)c1[N+](=O)[O-]. The zero-order valence-electron chi connectivity index (χ0n) is 12.3. The molecule has 0 saturated heterocycles. The lowest BCUT2D eigenvalue weighted by molar-refractivity contribution is -0.383. The Bertz CT molecular complexity index is 491. The first-order chi connectivity index (χ1) is 10.1. The molecule has 0 atom stereocenters. The Morgan fingerprint density at radius 1 is 1.24 bits per heavy atom. The van der Waals surface area contributed by atoms with E-state index in [-0.39, 0.29) is 24.6 Å². The molecule has 0 amide bonds. The van der Waals surface area contributed by atoms with Gasteiger partial charge in [0.05, 0.1) is 18.0 Å². The number of nitro groups is 1. The zero-order chi connectivity index (χ0) is 15.7. The van der Waals surface area contributed by atoms with Crippen molar-refractivity contribution in [3.63, 3.8) is 0 Å². The Kier molecular flexibility index (Phi) is 7.00. The molecule has 116 valence electrons. The quantitative estimate of drug-likeness (QED) is 0.413. The highest BCUT2D eigenvalue weighted by molar-refractivity contribution is 5.77. The molecule has 0 unspecified atom stereocenters. The van der Waals surface area contributed by atoms with Gasteiger partial charge in [-0.3, -0.25) is 14.9 Å². The Hall–Kier alpha value is -2.31. The molecule has 0 aliphatic heterocycles. The number of carbonyl (C=O) groups is 1. The molecule has 1 rings (SSSR count). The van der Waals surface area contributed by atoms with Gasteiger partial charge >= 0.3 is 11.7 Å². The third-order valence-electron chi connectivity index (χ3n) is 2.73. The molecule has 0 aromatic heterocycles. The fourth-order valence-electron chi connectivity index (χ4n) is 1.82. The van der Waals surface area contributed by atoms with Crippen molar-refractivity contribution in [2.24, 2.45) is 0 Å². The highest BCUT2D eigenvalue weighted by Crippen LogP contribution is 2.32. The number of carbonyl (C=O) groups excluding carboxylic acids is 1. The zero-order valence-corrected chi connectivity index (χ0v) is 12.3. The number of nitrogens with one attached hydrogen (secondary N) is 2. The fraction of sp³-hybridized carbons (Fsp3) is 0.500. The van der Waals surface area contributed by atoms with Gasteiger partial charge in [0.25, 0.3) is 0 Å². The van der Waals surface area contributed by atoms with Crippen LogP contribution in [0.25, 0.3) is 0 Å². The minimum atomic E-state index is -0.426. The van der Waals surface area contributed by atoms with E-state index >= 15 is 0 Å². The van der Waals surface area contributed by atoms with E-state index in [0.717, 1.165) is 6.42 Å². The summed E-state index contributed by atoms with van der Waals surface area (Å²) in [6.45, 7) is 5.00. The van der Waals surface area contributed by atoms with E-state index in [9.17, 15) is 14.9 Å². The molecule has 7 nitrogen and oxygen atoms in total. The fourth-order valence-corrected chi connectivity index (χ4v) is 1.82. The van der Waals surface area contributed by atoms with Gasteiger partial charge < -0.3 is 15.4 Å². The van der Waals surface area contributed by atoms with Crippen LogP contribution in [0.1, 0.15) is 26.7 Å². The number of para-hydroxylation sites is 1. The highest BCUT2D eigenvalue weighted by atomic mass is 16.6. The predicted molar refractivity (Wildman–Crippen MR) is 81.6 cm³/mol. The number of rotatable bonds is 9. The first-order valence-corrected chi connectivity index (χ1v) is 7.00. The summed E-state index contributed by atoms with van der Waals surface area (Å²) in [5.74, 6) is -0.326. The monoisotopic (exact) mass is 295 g/mol. The summed E-state index contributed by atoms with van der Waals surface area (Å²) in [4.78, 5) is 22.1. The number of hydrogen-bond acceptors (Lipinski definition) is 6. The largest absolute Gasteiger partial charge is 0.466 e. The van der Waals surface area contributed by atoms with Crippen molar-refractivity contribution in [3.8, 4) is 0 Å². The van der Waals surface area contributed by atoms with Crippen LogP contribution in [0.5, 0.6) is 0 Å². The Balaban J connectivity index is 2.76. The van der Waals surface area contributed by atoms with Crippen LogP contribution < -0.4 is 10.6 Å². The molecular formula is C14H21N3O4. The third kappa shape index (κ3) is 5.29. The molecular weight excluding hydrogens is 274 g/mol. The molecule has 0 fully saturated rings. The van der Waals surface area contributed by atoms with E-state index in [0.29, 0.717) is 24.5 Å². The lowest BCUT2D eigenvalue weighted by atomic mass is 10.2. The van der Waals surface area contributed by atoms with Gasteiger partial charge in [-0.15, -0.1) is 0 Å². The van der Waals surface area contributed by atoms with Crippen molar-refractivity contribution in [1.29, 1.82) is 0 Å². The van der Waals surface area contributed by atoms with Gasteiger partial charge in [0.2, 0.25) is 0 Å². The Labute approximate surface area is 123 Å². The van der Waals surface area contributed by atoms with Gasteiger partial charge in [-0.25, -0.2) is 0 Å². The number of anilines is 2. The summed E-state index contributed by atoms with van der Waals surface area (Å²) in [5.41, 5.74) is 0.864. The summed E-state index contributed by atoms with van der Waals surface area (Å²) in [5, 5.41) is 17.2. The average Bonchev–Trinajstić information content (AvgIpc) is 2.45. The molecule has 7 heteroatoms. The predicted octanol–water partition coefficient (Wildman–Crippen LogP) is 2.78. The second-order valence-corrected chi connectivity index (χ2v) is 4.37. The van der Waals surface area contributed by atoms with E-state index in [1.54, 1.807) is 25.1 Å². The van der Waals surface area contributed by atoms with Crippen LogP contribution in [0.2, 0.25) is 0 Å². The lowest BCUT2D eigenvalue weighted by Crippen LogP contribution is -2.13. The lowest BCUT2D eigenvalue weighted by Gasteiger charge is -2.11. The first-order valence-electron chi connectivity index (χ1n) is 7.00. The van der Waals surface area contributed by atoms with Crippen LogP contribution in [-0.2, 0) is 9.53 Å². The minimum Gasteiger partial charge on any atom is -0.466 e. The van der Waals surface area contributed by atoms with Gasteiger partial charge in [0.1, 0.15) is 11.4 Å². The second-order valence-electron chi connectivity index (χ2n) is 4.37. The van der Waals surface area contributed by atoms with E-state index in [4.69, 9.17) is 4.74 Å². The first kappa shape index (κ1) is 16.7. The molecule has 1 aromatic carbocycles. The Morgan fingerprint density at radius 3 is 2.38 bits per heavy atom. The summed E-state index contributed by atoms with van der Waals surface area (Å²) < 4.78 is 4.81. The smallest absolute Gasteiger partial charge is 0.315 e. The molecule has 0 saturated carbocycles. The van der Waals surface area contributed by atoms with Crippen LogP contribution in [-0.4, -0.2) is 30.6 Å². The van der Waals surface area contributed by atoms with Crippen molar-refractivity contribution >= 4 is 23.0 Å². The van der Waals surface area contributed by atoms with Gasteiger partial charge in [0, 0.05) is 13.1 Å². The molecule has 0 aliphatic rings. The minimum absolute atomic E-state index is 0.00481. The summed E-state index contributed by atoms with van der Waals surface area (Å²) in [6.07, 6.45) is 1.04. The number of nitro benzene ring substituents is 1. The van der Waals surface area contributed by atoms with Crippen LogP contribution >= 0.6 is 0 Å². The van der Waals surface area contributed by atoms with E-state index in [1.807, 2.05) is 6.92 Å². The van der Waals surface area contributed by atoms with E-state index < -0.39 is 4.92 Å². The summed E-state index contributed by atoms with van der Waals surface area (Å²) in [6, 6.07) is 5.03. The maximum atomic E-state index is 11.3. The van der Waals surface area contributed by atoms with Crippen molar-refractivity contribution < 1.29 is 14.5 Å². The number of ether oxygens (including phenoxy) is 1. The molecule has 0 spiro atoms. The van der Waals surface area contributed by atoms with Gasteiger partial charge in [-0.1, -0.05) is 13.0 Å². The van der Waals surface area contributed by atoms with Gasteiger partial charge in [0.15, 0.2) is 0 Å².